The molecule has 2 aromatic rings. The van der Waals surface area contributed by atoms with Crippen molar-refractivity contribution in [3.05, 3.63) is 44.7 Å². The van der Waals surface area contributed by atoms with E-state index in [1.165, 1.54) is 6.07 Å². The maximum Gasteiger partial charge on any atom is 0.342 e. The van der Waals surface area contributed by atoms with Gasteiger partial charge in [0.05, 0.1) is 10.7 Å². The number of carboxylic acids is 2. The fourth-order valence-corrected chi connectivity index (χ4v) is 3.51. The van der Waals surface area contributed by atoms with Gasteiger partial charge in [0, 0.05) is 18.7 Å². The van der Waals surface area contributed by atoms with E-state index >= 15 is 0 Å². The molecule has 0 amide bonds. The number of halogens is 1. The number of nitrogens with zero attached hydrogens (tertiary/aromatic N) is 1. The van der Waals surface area contributed by atoms with Crippen molar-refractivity contribution in [3.63, 3.8) is 0 Å². The molecule has 26 heavy (non-hydrogen) atoms. The summed E-state index contributed by atoms with van der Waals surface area (Å²) in [4.78, 5) is 39.4. The molecule has 1 aliphatic rings. The highest BCUT2D eigenvalue weighted by atomic mass is 35.5. The van der Waals surface area contributed by atoms with Crippen molar-refractivity contribution in [2.24, 2.45) is 0 Å². The molecular formula is C17H16ClN3O5. The number of aromatic carboxylic acids is 2. The Morgan fingerprint density at radius 1 is 1.12 bits per heavy atom. The number of nitrogens with one attached hydrogen (secondary N) is 1. The minimum absolute atomic E-state index is 0.200. The van der Waals surface area contributed by atoms with Gasteiger partial charge in [0.15, 0.2) is 0 Å². The van der Waals surface area contributed by atoms with E-state index in [9.17, 15) is 24.6 Å². The van der Waals surface area contributed by atoms with Crippen LogP contribution in [0.15, 0.2) is 23.0 Å². The van der Waals surface area contributed by atoms with Gasteiger partial charge in [-0.1, -0.05) is 17.7 Å². The number of pyridine rings is 1. The third-order valence-corrected chi connectivity index (χ3v) is 4.66. The van der Waals surface area contributed by atoms with Crippen LogP contribution in [0.4, 0.5) is 11.5 Å². The number of anilines is 2. The number of aromatic amines is 1. The van der Waals surface area contributed by atoms with Crippen LogP contribution in [0.5, 0.6) is 0 Å². The van der Waals surface area contributed by atoms with Crippen LogP contribution in [0.1, 0.15) is 33.6 Å². The summed E-state index contributed by atoms with van der Waals surface area (Å²) in [5, 5.41) is 19.2. The van der Waals surface area contributed by atoms with Gasteiger partial charge >= 0.3 is 11.9 Å². The van der Waals surface area contributed by atoms with Crippen LogP contribution in [-0.2, 0) is 0 Å². The van der Waals surface area contributed by atoms with Crippen molar-refractivity contribution >= 4 is 35.0 Å². The van der Waals surface area contributed by atoms with Gasteiger partial charge in [-0.15, -0.1) is 0 Å². The molecule has 5 N–H and O–H groups in total. The molecule has 0 bridgehead atoms. The Bertz CT molecular complexity index is 964. The normalized spacial score (nSPS) is 13.8. The van der Waals surface area contributed by atoms with E-state index in [4.69, 9.17) is 17.3 Å². The topological polar surface area (TPSA) is 137 Å². The number of aromatic nitrogens is 1. The smallest absolute Gasteiger partial charge is 0.342 e. The van der Waals surface area contributed by atoms with Gasteiger partial charge in [-0.25, -0.2) is 9.59 Å². The lowest BCUT2D eigenvalue weighted by molar-refractivity contribution is 0.0695. The van der Waals surface area contributed by atoms with Gasteiger partial charge in [0.2, 0.25) is 0 Å². The number of H-pyrrole nitrogens is 1. The number of rotatable bonds is 4. The van der Waals surface area contributed by atoms with Gasteiger partial charge in [-0.2, -0.15) is 0 Å². The second kappa shape index (κ2) is 6.72. The molecule has 0 spiro atoms. The molecule has 1 aromatic heterocycles. The fraction of sp³-hybridized carbons (Fsp3) is 0.235. The Hall–Kier alpha value is -3.00. The Balaban J connectivity index is 2.25. The predicted molar refractivity (Wildman–Crippen MR) is 97.3 cm³/mol. The van der Waals surface area contributed by atoms with Crippen molar-refractivity contribution in [2.75, 3.05) is 23.7 Å². The Labute approximate surface area is 152 Å². The Kier molecular flexibility index (Phi) is 4.60. The number of nitrogen functional groups attached to an aromatic ring is 1. The lowest BCUT2D eigenvalue weighted by Crippen LogP contribution is -2.24. The van der Waals surface area contributed by atoms with Crippen molar-refractivity contribution in [2.45, 2.75) is 12.8 Å². The van der Waals surface area contributed by atoms with Gasteiger partial charge < -0.3 is 25.8 Å². The maximum absolute atomic E-state index is 12.1. The Morgan fingerprint density at radius 3 is 2.27 bits per heavy atom. The van der Waals surface area contributed by atoms with Crippen LogP contribution in [0.2, 0.25) is 5.02 Å². The molecule has 9 heteroatoms. The zero-order valence-corrected chi connectivity index (χ0v) is 14.3. The van der Waals surface area contributed by atoms with Crippen LogP contribution in [0.3, 0.4) is 0 Å². The van der Waals surface area contributed by atoms with Gasteiger partial charge in [-0.05, 0) is 30.5 Å². The van der Waals surface area contributed by atoms with Crippen LogP contribution in [0.25, 0.3) is 11.1 Å². The van der Waals surface area contributed by atoms with Gasteiger partial charge in [0.1, 0.15) is 16.9 Å². The molecule has 1 aromatic carbocycles. The number of hydrogen-bond donors (Lipinski definition) is 4. The van der Waals surface area contributed by atoms with Crippen molar-refractivity contribution in [1.82, 2.24) is 4.98 Å². The third kappa shape index (κ3) is 2.99. The first-order valence-electron chi connectivity index (χ1n) is 7.88. The summed E-state index contributed by atoms with van der Waals surface area (Å²) in [7, 11) is 0. The van der Waals surface area contributed by atoms with E-state index in [1.54, 1.807) is 12.1 Å². The molecule has 1 aliphatic heterocycles. The SMILES string of the molecule is Nc1[nH]c(=O)c(C(=O)O)c(-c2ccc(N3CCCC3)c(Cl)c2)c1C(=O)O. The zero-order chi connectivity index (χ0) is 19.0. The quantitative estimate of drug-likeness (QED) is 0.641. The highest BCUT2D eigenvalue weighted by Gasteiger charge is 2.27. The number of hydrogen-bond acceptors (Lipinski definition) is 5. The summed E-state index contributed by atoms with van der Waals surface area (Å²) in [6.07, 6.45) is 2.10. The molecule has 8 nitrogen and oxygen atoms in total. The number of carboxylic acid groups (broad SMARTS) is 2. The molecule has 0 unspecified atom stereocenters. The molecule has 2 heterocycles. The molecule has 136 valence electrons. The van der Waals surface area contributed by atoms with Crippen molar-refractivity contribution in [1.29, 1.82) is 0 Å². The summed E-state index contributed by atoms with van der Waals surface area (Å²) < 4.78 is 0. The second-order valence-corrected chi connectivity index (χ2v) is 6.37. The van der Waals surface area contributed by atoms with Crippen LogP contribution < -0.4 is 16.2 Å². The Morgan fingerprint density at radius 2 is 1.73 bits per heavy atom. The standard InChI is InChI=1S/C17H16ClN3O5/c18-9-7-8(3-4-10(9)21-5-1-2-6-21)11-12(16(23)24)14(19)20-15(22)13(11)17(25)26/h3-4,7H,1-2,5-6H2,(H,23,24)(H,25,26)(H3,19,20,22). The van der Waals surface area contributed by atoms with E-state index in [0.717, 1.165) is 31.6 Å². The summed E-state index contributed by atoms with van der Waals surface area (Å²) in [6.45, 7) is 1.72. The first-order chi connectivity index (χ1) is 12.3. The highest BCUT2D eigenvalue weighted by molar-refractivity contribution is 6.33. The number of nitrogens with two attached hydrogens (primary N) is 1. The summed E-state index contributed by atoms with van der Waals surface area (Å²) in [5.41, 5.74) is 4.19. The first kappa shape index (κ1) is 17.8. The van der Waals surface area contributed by atoms with E-state index in [0.29, 0.717) is 5.02 Å². The number of benzene rings is 1. The largest absolute Gasteiger partial charge is 0.478 e. The van der Waals surface area contributed by atoms with Crippen LogP contribution >= 0.6 is 11.6 Å². The summed E-state index contributed by atoms with van der Waals surface area (Å²) in [5.74, 6) is -3.42. The molecule has 0 radical (unpaired) electrons. The van der Waals surface area contributed by atoms with Crippen LogP contribution in [-0.4, -0.2) is 40.2 Å². The third-order valence-electron chi connectivity index (χ3n) is 4.36. The lowest BCUT2D eigenvalue weighted by Gasteiger charge is -2.20. The molecule has 0 saturated carbocycles. The van der Waals surface area contributed by atoms with E-state index < -0.39 is 34.4 Å². The van der Waals surface area contributed by atoms with E-state index in [-0.39, 0.29) is 11.1 Å². The minimum Gasteiger partial charge on any atom is -0.478 e. The molecular weight excluding hydrogens is 362 g/mol. The molecule has 1 fully saturated rings. The monoisotopic (exact) mass is 377 g/mol. The average molecular weight is 378 g/mol. The molecule has 3 rings (SSSR count). The fourth-order valence-electron chi connectivity index (χ4n) is 3.21. The van der Waals surface area contributed by atoms with Gasteiger partial charge in [-0.3, -0.25) is 4.79 Å². The molecule has 0 atom stereocenters. The summed E-state index contributed by atoms with van der Waals surface area (Å²) in [6, 6.07) is 4.70. The number of carbonyl (C=O) groups is 2. The highest BCUT2D eigenvalue weighted by Crippen LogP contribution is 2.36. The van der Waals surface area contributed by atoms with Crippen LogP contribution in [0, 0.1) is 0 Å². The van der Waals surface area contributed by atoms with E-state index in [1.807, 2.05) is 0 Å². The second-order valence-electron chi connectivity index (χ2n) is 5.96. The summed E-state index contributed by atoms with van der Waals surface area (Å²) >= 11 is 6.35. The van der Waals surface area contributed by atoms with Crippen molar-refractivity contribution < 1.29 is 19.8 Å². The minimum atomic E-state index is -1.55. The predicted octanol–water partition coefficient (Wildman–Crippen LogP) is 2.27. The van der Waals surface area contributed by atoms with Crippen molar-refractivity contribution in [3.8, 4) is 11.1 Å². The molecule has 0 aliphatic carbocycles. The molecule has 1 saturated heterocycles. The van der Waals surface area contributed by atoms with Gasteiger partial charge in [0.25, 0.3) is 5.56 Å². The van der Waals surface area contributed by atoms with E-state index in [2.05, 4.69) is 9.88 Å². The zero-order valence-electron chi connectivity index (χ0n) is 13.6. The maximum atomic E-state index is 12.1. The lowest BCUT2D eigenvalue weighted by atomic mass is 9.95. The average Bonchev–Trinajstić information content (AvgIpc) is 3.07. The first-order valence-corrected chi connectivity index (χ1v) is 8.26.